The normalized spacial score (nSPS) is 16.6. The maximum absolute atomic E-state index is 13.6. The maximum Gasteiger partial charge on any atom is 0.278 e. The molecule has 174 valence electrons. The van der Waals surface area contributed by atoms with Gasteiger partial charge in [-0.25, -0.2) is 0 Å². The zero-order chi connectivity index (χ0) is 23.7. The van der Waals surface area contributed by atoms with Crippen LogP contribution >= 0.6 is 0 Å². The fourth-order valence-electron chi connectivity index (χ4n) is 4.59. The Morgan fingerprint density at radius 3 is 2.26 bits per heavy atom. The van der Waals surface area contributed by atoms with Gasteiger partial charge in [-0.1, -0.05) is 24.3 Å². The van der Waals surface area contributed by atoms with E-state index in [9.17, 15) is 9.59 Å². The van der Waals surface area contributed by atoms with Gasteiger partial charge in [0.1, 0.15) is 17.2 Å². The van der Waals surface area contributed by atoms with Crippen LogP contribution in [0.25, 0.3) is 5.57 Å². The van der Waals surface area contributed by atoms with Crippen LogP contribution in [0, 0.1) is 6.92 Å². The van der Waals surface area contributed by atoms with Crippen molar-refractivity contribution in [1.29, 1.82) is 0 Å². The van der Waals surface area contributed by atoms with Crippen LogP contribution in [0.4, 0.5) is 5.69 Å². The van der Waals surface area contributed by atoms with Crippen molar-refractivity contribution in [1.82, 2.24) is 9.80 Å². The molecule has 2 aliphatic heterocycles. The molecule has 34 heavy (non-hydrogen) atoms. The Hall–Kier alpha value is -4.00. The number of aryl methyl sites for hydroxylation is 1. The molecule has 2 aromatic carbocycles. The molecule has 2 aliphatic rings. The lowest BCUT2D eigenvalue weighted by Gasteiger charge is -2.37. The molecule has 0 radical (unpaired) electrons. The second-order valence-electron chi connectivity index (χ2n) is 8.54. The molecule has 1 aromatic heterocycles. The van der Waals surface area contributed by atoms with Gasteiger partial charge in [0.05, 0.1) is 25.5 Å². The lowest BCUT2D eigenvalue weighted by atomic mass is 10.0. The molecule has 0 N–H and O–H groups in total. The summed E-state index contributed by atoms with van der Waals surface area (Å²) in [5, 5.41) is 0. The van der Waals surface area contributed by atoms with Gasteiger partial charge in [-0.2, -0.15) is 0 Å². The van der Waals surface area contributed by atoms with Crippen molar-refractivity contribution in [2.75, 3.05) is 38.2 Å². The zero-order valence-electron chi connectivity index (χ0n) is 19.4. The first kappa shape index (κ1) is 21.8. The average Bonchev–Trinajstić information content (AvgIpc) is 3.46. The van der Waals surface area contributed by atoms with E-state index in [2.05, 4.69) is 36.1 Å². The third-order valence-electron chi connectivity index (χ3n) is 6.38. The summed E-state index contributed by atoms with van der Waals surface area (Å²) in [5.74, 6) is 0.682. The number of benzene rings is 2. The van der Waals surface area contributed by atoms with Gasteiger partial charge in [-0.15, -0.1) is 0 Å². The molecule has 1 fully saturated rings. The molecule has 3 heterocycles. The Balaban J connectivity index is 1.45. The highest BCUT2D eigenvalue weighted by molar-refractivity contribution is 6.35. The summed E-state index contributed by atoms with van der Waals surface area (Å²) in [5.41, 5.74) is 4.00. The Labute approximate surface area is 198 Å². The summed E-state index contributed by atoms with van der Waals surface area (Å²) >= 11 is 0. The van der Waals surface area contributed by atoms with E-state index >= 15 is 0 Å². The number of imide groups is 1. The molecule has 0 spiro atoms. The molecule has 7 heteroatoms. The monoisotopic (exact) mass is 457 g/mol. The van der Waals surface area contributed by atoms with E-state index < -0.39 is 0 Å². The third-order valence-corrected chi connectivity index (χ3v) is 6.38. The molecule has 0 aliphatic carbocycles. The van der Waals surface area contributed by atoms with Crippen molar-refractivity contribution in [2.45, 2.75) is 13.5 Å². The van der Waals surface area contributed by atoms with Crippen LogP contribution in [-0.4, -0.2) is 54.9 Å². The average molecular weight is 458 g/mol. The van der Waals surface area contributed by atoms with Gasteiger partial charge in [0.15, 0.2) is 0 Å². The van der Waals surface area contributed by atoms with E-state index in [-0.39, 0.29) is 18.4 Å². The number of amides is 2. The molecular formula is C27H27N3O4. The minimum absolute atomic E-state index is 0.108. The van der Waals surface area contributed by atoms with Gasteiger partial charge in [-0.05, 0) is 54.4 Å². The highest BCUT2D eigenvalue weighted by Crippen LogP contribution is 2.34. The molecule has 0 saturated carbocycles. The van der Waals surface area contributed by atoms with Crippen molar-refractivity contribution >= 4 is 23.1 Å². The Morgan fingerprint density at radius 1 is 0.882 bits per heavy atom. The van der Waals surface area contributed by atoms with E-state index in [1.807, 2.05) is 29.2 Å². The lowest BCUT2D eigenvalue weighted by molar-refractivity contribution is -0.138. The Kier molecular flexibility index (Phi) is 5.84. The van der Waals surface area contributed by atoms with Crippen LogP contribution in [-0.2, 0) is 16.1 Å². The number of carbonyl (C=O) groups excluding carboxylic acids is 2. The van der Waals surface area contributed by atoms with Gasteiger partial charge in [0.2, 0.25) is 0 Å². The number of ether oxygens (including phenoxy) is 1. The van der Waals surface area contributed by atoms with E-state index in [4.69, 9.17) is 9.15 Å². The van der Waals surface area contributed by atoms with Gasteiger partial charge in [-0.3, -0.25) is 14.5 Å². The largest absolute Gasteiger partial charge is 0.497 e. The minimum Gasteiger partial charge on any atom is -0.497 e. The maximum atomic E-state index is 13.6. The van der Waals surface area contributed by atoms with Crippen LogP contribution < -0.4 is 9.64 Å². The predicted molar refractivity (Wildman–Crippen MR) is 129 cm³/mol. The number of carbonyl (C=O) groups is 2. The second-order valence-corrected chi connectivity index (χ2v) is 8.54. The lowest BCUT2D eigenvalue weighted by Crippen LogP contribution is -2.47. The van der Waals surface area contributed by atoms with Gasteiger partial charge < -0.3 is 19.0 Å². The highest BCUT2D eigenvalue weighted by atomic mass is 16.5. The van der Waals surface area contributed by atoms with Crippen LogP contribution in [0.5, 0.6) is 5.75 Å². The van der Waals surface area contributed by atoms with Gasteiger partial charge in [0.25, 0.3) is 11.8 Å². The first-order valence-corrected chi connectivity index (χ1v) is 11.4. The Bertz CT molecular complexity index is 1220. The third kappa shape index (κ3) is 4.05. The molecule has 5 rings (SSSR count). The van der Waals surface area contributed by atoms with Crippen molar-refractivity contribution in [3.63, 3.8) is 0 Å². The first-order chi connectivity index (χ1) is 16.5. The number of nitrogens with zero attached hydrogens (tertiary/aromatic N) is 3. The zero-order valence-corrected chi connectivity index (χ0v) is 19.4. The highest BCUT2D eigenvalue weighted by Gasteiger charge is 2.42. The number of hydrogen-bond acceptors (Lipinski definition) is 6. The molecule has 7 nitrogen and oxygen atoms in total. The smallest absolute Gasteiger partial charge is 0.278 e. The number of furan rings is 1. The van der Waals surface area contributed by atoms with Crippen LogP contribution in [0.1, 0.15) is 16.9 Å². The first-order valence-electron chi connectivity index (χ1n) is 11.4. The summed E-state index contributed by atoms with van der Waals surface area (Å²) in [6.45, 7) is 5.03. The van der Waals surface area contributed by atoms with Gasteiger partial charge in [0, 0.05) is 31.9 Å². The minimum atomic E-state index is -0.303. The standard InChI is InChI=1S/C27H27N3O4/c1-19-5-3-6-21(17-19)28-12-14-29(15-13-28)25-24(20-8-10-22(33-2)11-9-20)26(31)30(27(25)32)18-23-7-4-16-34-23/h3-11,16-17H,12-15,18H2,1-2H3. The van der Waals surface area contributed by atoms with Crippen molar-refractivity contribution in [3.05, 3.63) is 89.5 Å². The molecule has 0 atom stereocenters. The summed E-state index contributed by atoms with van der Waals surface area (Å²) in [6, 6.07) is 19.2. The van der Waals surface area contributed by atoms with Crippen LogP contribution in [0.2, 0.25) is 0 Å². The van der Waals surface area contributed by atoms with Crippen LogP contribution in [0.3, 0.4) is 0 Å². The number of rotatable bonds is 6. The second kappa shape index (κ2) is 9.09. The van der Waals surface area contributed by atoms with Crippen molar-refractivity contribution < 1.29 is 18.7 Å². The number of anilines is 1. The van der Waals surface area contributed by atoms with Crippen LogP contribution in [0.15, 0.2) is 77.0 Å². The summed E-state index contributed by atoms with van der Waals surface area (Å²) in [7, 11) is 1.60. The fourth-order valence-corrected chi connectivity index (χ4v) is 4.59. The summed E-state index contributed by atoms with van der Waals surface area (Å²) in [6.07, 6.45) is 1.55. The number of hydrogen-bond donors (Lipinski definition) is 0. The topological polar surface area (TPSA) is 66.2 Å². The van der Waals surface area contributed by atoms with E-state index in [1.54, 1.807) is 25.5 Å². The van der Waals surface area contributed by atoms with Crippen molar-refractivity contribution in [2.24, 2.45) is 0 Å². The molecule has 0 bridgehead atoms. The number of piperazine rings is 1. The van der Waals surface area contributed by atoms with Gasteiger partial charge >= 0.3 is 0 Å². The van der Waals surface area contributed by atoms with Crippen molar-refractivity contribution in [3.8, 4) is 5.75 Å². The molecule has 1 saturated heterocycles. The fraction of sp³-hybridized carbons (Fsp3) is 0.259. The SMILES string of the molecule is COc1ccc(C2=C(N3CCN(c4cccc(C)c4)CC3)C(=O)N(Cc3ccco3)C2=O)cc1. The molecule has 3 aromatic rings. The quantitative estimate of drug-likeness (QED) is 0.526. The molecule has 0 unspecified atom stereocenters. The number of methoxy groups -OCH3 is 1. The molecule has 2 amide bonds. The summed E-state index contributed by atoms with van der Waals surface area (Å²) < 4.78 is 10.7. The Morgan fingerprint density at radius 2 is 1.62 bits per heavy atom. The van der Waals surface area contributed by atoms with E-state index in [0.29, 0.717) is 41.4 Å². The summed E-state index contributed by atoms with van der Waals surface area (Å²) in [4.78, 5) is 32.7. The van der Waals surface area contributed by atoms with E-state index in [1.165, 1.54) is 16.2 Å². The van der Waals surface area contributed by atoms with E-state index in [0.717, 1.165) is 13.1 Å². The molecular weight excluding hydrogens is 430 g/mol. The predicted octanol–water partition coefficient (Wildman–Crippen LogP) is 3.70.